The molecule has 0 aliphatic carbocycles. The van der Waals surface area contributed by atoms with Gasteiger partial charge in [-0.3, -0.25) is 9.59 Å². The molecular formula is C24H18NO2+. The molecule has 3 heteroatoms. The summed E-state index contributed by atoms with van der Waals surface area (Å²) in [7, 11) is 0. The Hall–Kier alpha value is -3.59. The molecule has 0 amide bonds. The van der Waals surface area contributed by atoms with Crippen LogP contribution in [0.25, 0.3) is 10.8 Å². The molecule has 0 radical (unpaired) electrons. The summed E-state index contributed by atoms with van der Waals surface area (Å²) in [6.07, 6.45) is 1.77. The number of pyridine rings is 1. The smallest absolute Gasteiger partial charge is 0.256 e. The second kappa shape index (κ2) is 7.34. The van der Waals surface area contributed by atoms with E-state index in [1.165, 1.54) is 0 Å². The molecule has 1 heterocycles. The molecule has 4 rings (SSSR count). The van der Waals surface area contributed by atoms with E-state index < -0.39 is 0 Å². The van der Waals surface area contributed by atoms with Gasteiger partial charge in [0, 0.05) is 23.3 Å². The summed E-state index contributed by atoms with van der Waals surface area (Å²) >= 11 is 0. The Labute approximate surface area is 157 Å². The molecule has 130 valence electrons. The zero-order chi connectivity index (χ0) is 18.6. The minimum Gasteiger partial charge on any atom is -0.287 e. The van der Waals surface area contributed by atoms with Crippen molar-refractivity contribution >= 4 is 22.3 Å². The fourth-order valence-corrected chi connectivity index (χ4v) is 3.17. The number of hydrogen-bond acceptors (Lipinski definition) is 2. The van der Waals surface area contributed by atoms with Crippen LogP contribution in [0.4, 0.5) is 0 Å². The number of benzene rings is 3. The first kappa shape index (κ1) is 16.9. The molecule has 27 heavy (non-hydrogen) atoms. The molecular weight excluding hydrogens is 334 g/mol. The van der Waals surface area contributed by atoms with Gasteiger partial charge < -0.3 is 0 Å². The van der Waals surface area contributed by atoms with Crippen molar-refractivity contribution < 1.29 is 14.2 Å². The second-order valence-corrected chi connectivity index (χ2v) is 6.39. The first-order valence-electron chi connectivity index (χ1n) is 8.82. The first-order valence-corrected chi connectivity index (χ1v) is 8.82. The molecule has 0 atom stereocenters. The van der Waals surface area contributed by atoms with Gasteiger partial charge in [-0.25, -0.2) is 0 Å². The normalized spacial score (nSPS) is 10.7. The molecule has 3 aromatic carbocycles. The molecule has 3 nitrogen and oxygen atoms in total. The highest BCUT2D eigenvalue weighted by Gasteiger charge is 2.23. The van der Waals surface area contributed by atoms with E-state index in [9.17, 15) is 9.59 Å². The summed E-state index contributed by atoms with van der Waals surface area (Å²) in [4.78, 5) is 25.7. The highest BCUT2D eigenvalue weighted by Crippen LogP contribution is 2.17. The van der Waals surface area contributed by atoms with Gasteiger partial charge in [-0.15, -0.1) is 0 Å². The Morgan fingerprint density at radius 3 is 2.19 bits per heavy atom. The molecule has 4 aromatic rings. The van der Waals surface area contributed by atoms with Crippen LogP contribution in [0, 0.1) is 0 Å². The van der Waals surface area contributed by atoms with Gasteiger partial charge in [0.25, 0.3) is 11.5 Å². The Morgan fingerprint density at radius 1 is 0.667 bits per heavy atom. The number of carbonyl (C=O) groups is 2. The summed E-state index contributed by atoms with van der Waals surface area (Å²) in [5, 5.41) is 2.11. The third-order valence-electron chi connectivity index (χ3n) is 4.59. The number of hydrogen-bond donors (Lipinski definition) is 0. The Morgan fingerprint density at radius 2 is 1.37 bits per heavy atom. The van der Waals surface area contributed by atoms with Crippen molar-refractivity contribution in [3.8, 4) is 0 Å². The minimum atomic E-state index is -0.0952. The van der Waals surface area contributed by atoms with Crippen LogP contribution in [-0.4, -0.2) is 11.6 Å². The molecule has 0 saturated heterocycles. The molecule has 0 aliphatic rings. The third kappa shape index (κ3) is 3.53. The average molecular weight is 352 g/mol. The maximum Gasteiger partial charge on any atom is 0.256 e. The van der Waals surface area contributed by atoms with Crippen molar-refractivity contribution in [2.24, 2.45) is 0 Å². The van der Waals surface area contributed by atoms with E-state index in [-0.39, 0.29) is 18.1 Å². The van der Waals surface area contributed by atoms with Crippen LogP contribution < -0.4 is 4.57 Å². The Balaban J connectivity index is 1.67. The monoisotopic (exact) mass is 352 g/mol. The quantitative estimate of drug-likeness (QED) is 0.398. The van der Waals surface area contributed by atoms with Gasteiger partial charge in [0.15, 0.2) is 6.20 Å². The molecule has 0 N–H and O–H groups in total. The lowest BCUT2D eigenvalue weighted by molar-refractivity contribution is -0.684. The van der Waals surface area contributed by atoms with Crippen LogP contribution in [-0.2, 0) is 6.54 Å². The van der Waals surface area contributed by atoms with Gasteiger partial charge in [-0.1, -0.05) is 66.7 Å². The van der Waals surface area contributed by atoms with Gasteiger partial charge in [-0.05, 0) is 22.9 Å². The van der Waals surface area contributed by atoms with E-state index in [1.54, 1.807) is 29.0 Å². The SMILES string of the molecule is O=C(C[n+]1ccccc1C(=O)c1ccc2ccccc2c1)c1ccccc1. The zero-order valence-electron chi connectivity index (χ0n) is 14.7. The molecule has 0 saturated carbocycles. The lowest BCUT2D eigenvalue weighted by Crippen LogP contribution is -2.43. The standard InChI is InChI=1S/C24H18NO2/c26-23(19-9-2-1-3-10-19)17-25-15-7-6-12-22(25)24(27)21-14-13-18-8-4-5-11-20(18)16-21/h1-16H,17H2/q+1. The van der Waals surface area contributed by atoms with Gasteiger partial charge in [0.2, 0.25) is 12.3 Å². The number of aromatic nitrogens is 1. The fourth-order valence-electron chi connectivity index (χ4n) is 3.17. The van der Waals surface area contributed by atoms with E-state index in [4.69, 9.17) is 0 Å². The predicted molar refractivity (Wildman–Crippen MR) is 105 cm³/mol. The first-order chi connectivity index (χ1) is 13.2. The zero-order valence-corrected chi connectivity index (χ0v) is 14.7. The van der Waals surface area contributed by atoms with E-state index in [1.807, 2.05) is 72.8 Å². The summed E-state index contributed by atoms with van der Waals surface area (Å²) < 4.78 is 1.72. The lowest BCUT2D eigenvalue weighted by Gasteiger charge is -2.05. The predicted octanol–water partition coefficient (Wildman–Crippen LogP) is 4.24. The van der Waals surface area contributed by atoms with E-state index in [2.05, 4.69) is 0 Å². The molecule has 0 fully saturated rings. The second-order valence-electron chi connectivity index (χ2n) is 6.39. The summed E-state index contributed by atoms with van der Waals surface area (Å²) in [5.74, 6) is -0.124. The molecule has 0 unspecified atom stereocenters. The van der Waals surface area contributed by atoms with Gasteiger partial charge >= 0.3 is 0 Å². The summed E-state index contributed by atoms with van der Waals surface area (Å²) in [5.41, 5.74) is 1.75. The Bertz CT molecular complexity index is 1130. The number of rotatable bonds is 5. The maximum absolute atomic E-state index is 13.1. The van der Waals surface area contributed by atoms with Crippen LogP contribution in [0.1, 0.15) is 26.4 Å². The van der Waals surface area contributed by atoms with E-state index in [0.717, 1.165) is 10.8 Å². The van der Waals surface area contributed by atoms with Crippen molar-refractivity contribution in [1.82, 2.24) is 0 Å². The number of nitrogens with zero attached hydrogens (tertiary/aromatic N) is 1. The largest absolute Gasteiger partial charge is 0.287 e. The highest BCUT2D eigenvalue weighted by molar-refractivity contribution is 6.08. The number of fused-ring (bicyclic) bond motifs is 1. The number of ketones is 2. The molecule has 0 aliphatic heterocycles. The average Bonchev–Trinajstić information content (AvgIpc) is 2.74. The van der Waals surface area contributed by atoms with Crippen molar-refractivity contribution in [2.45, 2.75) is 6.54 Å². The number of carbonyl (C=O) groups excluding carboxylic acids is 2. The van der Waals surface area contributed by atoms with Crippen LogP contribution in [0.3, 0.4) is 0 Å². The maximum atomic E-state index is 13.1. The van der Waals surface area contributed by atoms with Crippen LogP contribution >= 0.6 is 0 Å². The fraction of sp³-hybridized carbons (Fsp3) is 0.0417. The third-order valence-corrected chi connectivity index (χ3v) is 4.59. The van der Waals surface area contributed by atoms with Crippen LogP contribution in [0.2, 0.25) is 0 Å². The van der Waals surface area contributed by atoms with E-state index >= 15 is 0 Å². The van der Waals surface area contributed by atoms with Crippen LogP contribution in [0.5, 0.6) is 0 Å². The van der Waals surface area contributed by atoms with Gasteiger partial charge in [-0.2, -0.15) is 4.57 Å². The highest BCUT2D eigenvalue weighted by atomic mass is 16.1. The molecule has 0 bridgehead atoms. The topological polar surface area (TPSA) is 38.0 Å². The molecule has 0 spiro atoms. The summed E-state index contributed by atoms with van der Waals surface area (Å²) in [6, 6.07) is 28.2. The van der Waals surface area contributed by atoms with Crippen LogP contribution in [0.15, 0.2) is 97.2 Å². The lowest BCUT2D eigenvalue weighted by atomic mass is 10.0. The summed E-state index contributed by atoms with van der Waals surface area (Å²) in [6.45, 7) is 0.125. The van der Waals surface area contributed by atoms with Crippen molar-refractivity contribution in [1.29, 1.82) is 0 Å². The van der Waals surface area contributed by atoms with Crippen molar-refractivity contribution in [2.75, 3.05) is 0 Å². The van der Waals surface area contributed by atoms with E-state index in [0.29, 0.717) is 16.8 Å². The van der Waals surface area contributed by atoms with Crippen molar-refractivity contribution in [3.63, 3.8) is 0 Å². The minimum absolute atomic E-state index is 0.0284. The van der Waals surface area contributed by atoms with Gasteiger partial charge in [0.1, 0.15) is 0 Å². The van der Waals surface area contributed by atoms with Crippen molar-refractivity contribution in [3.05, 3.63) is 114 Å². The molecule has 1 aromatic heterocycles. The Kier molecular flexibility index (Phi) is 4.58. The van der Waals surface area contributed by atoms with Gasteiger partial charge in [0.05, 0.1) is 0 Å². The number of Topliss-reactive ketones (excluding diaryl/α,β-unsaturated/α-hetero) is 1.